The molecule has 3 heterocycles. The first kappa shape index (κ1) is 19.1. The lowest BCUT2D eigenvalue weighted by atomic mass is 9.89. The molecule has 2 saturated carbocycles. The summed E-state index contributed by atoms with van der Waals surface area (Å²) >= 11 is 2.96. The number of carbonyl (C=O) groups excluding carboxylic acids is 2. The summed E-state index contributed by atoms with van der Waals surface area (Å²) in [5.74, 6) is 0.850. The van der Waals surface area contributed by atoms with Gasteiger partial charge in [-0.3, -0.25) is 9.59 Å². The van der Waals surface area contributed by atoms with Crippen LogP contribution < -0.4 is 10.6 Å². The van der Waals surface area contributed by atoms with E-state index in [9.17, 15) is 9.59 Å². The Balaban J connectivity index is 1.24. The average molecular weight is 433 g/mol. The van der Waals surface area contributed by atoms with Gasteiger partial charge in [0, 0.05) is 31.6 Å². The number of hydrogen-bond donors (Lipinski definition) is 2. The molecule has 0 unspecified atom stereocenters. The van der Waals surface area contributed by atoms with E-state index in [2.05, 4.69) is 20.6 Å². The van der Waals surface area contributed by atoms with Crippen LogP contribution in [0, 0.1) is 0 Å². The number of ether oxygens (including phenoxy) is 1. The number of hydrogen-bond acceptors (Lipinski definition) is 7. The maximum Gasteiger partial charge on any atom is 0.263 e. The summed E-state index contributed by atoms with van der Waals surface area (Å²) in [5, 5.41) is 8.32. The van der Waals surface area contributed by atoms with Crippen molar-refractivity contribution in [1.29, 1.82) is 0 Å². The molecule has 0 atom stereocenters. The van der Waals surface area contributed by atoms with Crippen LogP contribution in [0.1, 0.15) is 79.7 Å². The van der Waals surface area contributed by atoms with Crippen molar-refractivity contribution >= 4 is 34.5 Å². The van der Waals surface area contributed by atoms with Crippen molar-refractivity contribution in [2.45, 2.75) is 55.9 Å². The molecule has 3 fully saturated rings. The van der Waals surface area contributed by atoms with Gasteiger partial charge in [-0.05, 0) is 38.5 Å². The van der Waals surface area contributed by atoms with Gasteiger partial charge in [-0.2, -0.15) is 0 Å². The number of carbonyl (C=O) groups is 2. The van der Waals surface area contributed by atoms with E-state index < -0.39 is 5.54 Å². The Morgan fingerprint density at radius 2 is 1.52 bits per heavy atom. The minimum absolute atomic E-state index is 0.112. The fourth-order valence-electron chi connectivity index (χ4n) is 3.57. The van der Waals surface area contributed by atoms with Crippen LogP contribution in [0.4, 0.5) is 0 Å². The summed E-state index contributed by atoms with van der Waals surface area (Å²) in [6.45, 7) is 1.52. The van der Waals surface area contributed by atoms with E-state index in [0.29, 0.717) is 54.2 Å². The van der Waals surface area contributed by atoms with Crippen molar-refractivity contribution in [1.82, 2.24) is 20.6 Å². The molecule has 2 amide bonds. The monoisotopic (exact) mass is 432 g/mol. The van der Waals surface area contributed by atoms with E-state index >= 15 is 0 Å². The van der Waals surface area contributed by atoms with Gasteiger partial charge in [-0.1, -0.05) is 0 Å². The van der Waals surface area contributed by atoms with Gasteiger partial charge in [0.25, 0.3) is 11.8 Å². The van der Waals surface area contributed by atoms with Gasteiger partial charge < -0.3 is 15.4 Å². The van der Waals surface area contributed by atoms with Crippen LogP contribution in [0.2, 0.25) is 0 Å². The van der Waals surface area contributed by atoms with E-state index in [4.69, 9.17) is 4.74 Å². The predicted octanol–water partition coefficient (Wildman–Crippen LogP) is 3.06. The molecule has 1 aliphatic heterocycles. The standard InChI is InChI=1S/C20H24N4O3S2/c25-16(14-9-21-18(28-14)12-1-2-12)23-11-20(5-7-27-8-6-20)24-17(26)15-10-22-19(29-15)13-3-4-13/h9-10,12-13H,1-8,11H2,(H,23,25)(H,24,26). The van der Waals surface area contributed by atoms with Crippen molar-refractivity contribution < 1.29 is 14.3 Å². The molecule has 2 aliphatic carbocycles. The number of thiazole rings is 2. The zero-order chi connectivity index (χ0) is 19.8. The molecule has 9 heteroatoms. The highest BCUT2D eigenvalue weighted by Gasteiger charge is 2.36. The SMILES string of the molecule is O=C(NCC1(NC(=O)c2cnc(C3CC3)s2)CCOCC1)c1cnc(C2CC2)s1. The van der Waals surface area contributed by atoms with Crippen molar-refractivity contribution in [2.24, 2.45) is 0 Å². The van der Waals surface area contributed by atoms with Gasteiger partial charge in [0.2, 0.25) is 0 Å². The number of nitrogens with zero attached hydrogens (tertiary/aromatic N) is 2. The third-order valence-corrected chi connectivity index (χ3v) is 8.08. The van der Waals surface area contributed by atoms with Crippen LogP contribution in [0.25, 0.3) is 0 Å². The van der Waals surface area contributed by atoms with Gasteiger partial charge in [-0.25, -0.2) is 9.97 Å². The Bertz CT molecular complexity index is 910. The summed E-state index contributed by atoms with van der Waals surface area (Å²) in [6.07, 6.45) is 9.36. The van der Waals surface area contributed by atoms with Crippen molar-refractivity contribution in [3.8, 4) is 0 Å². The van der Waals surface area contributed by atoms with Gasteiger partial charge >= 0.3 is 0 Å². The van der Waals surface area contributed by atoms with Crippen LogP contribution in [0.5, 0.6) is 0 Å². The van der Waals surface area contributed by atoms with Gasteiger partial charge in [-0.15, -0.1) is 22.7 Å². The molecule has 7 nitrogen and oxygen atoms in total. The van der Waals surface area contributed by atoms with Crippen molar-refractivity contribution in [2.75, 3.05) is 19.8 Å². The number of aromatic nitrogens is 2. The predicted molar refractivity (Wildman–Crippen MR) is 111 cm³/mol. The van der Waals surface area contributed by atoms with Crippen LogP contribution in [-0.2, 0) is 4.74 Å². The Labute approximate surface area is 177 Å². The maximum absolute atomic E-state index is 12.9. The Morgan fingerprint density at radius 1 is 0.966 bits per heavy atom. The van der Waals surface area contributed by atoms with Crippen LogP contribution >= 0.6 is 22.7 Å². The first-order valence-electron chi connectivity index (χ1n) is 10.2. The molecule has 29 heavy (non-hydrogen) atoms. The minimum atomic E-state index is -0.501. The zero-order valence-corrected chi connectivity index (χ0v) is 17.7. The van der Waals surface area contributed by atoms with E-state index in [1.807, 2.05) is 0 Å². The topological polar surface area (TPSA) is 93.2 Å². The fourth-order valence-corrected chi connectivity index (χ4v) is 5.56. The Hall–Kier alpha value is -1.84. The molecule has 2 aromatic rings. The second kappa shape index (κ2) is 7.77. The molecular formula is C20H24N4O3S2. The molecule has 2 aromatic heterocycles. The summed E-state index contributed by atoms with van der Waals surface area (Å²) in [4.78, 5) is 35.6. The average Bonchev–Trinajstić information content (AvgIpc) is 3.67. The highest BCUT2D eigenvalue weighted by Crippen LogP contribution is 2.42. The van der Waals surface area contributed by atoms with Crippen molar-refractivity contribution in [3.63, 3.8) is 0 Å². The van der Waals surface area contributed by atoms with Gasteiger partial charge in [0.1, 0.15) is 9.75 Å². The molecule has 154 valence electrons. The quantitative estimate of drug-likeness (QED) is 0.701. The lowest BCUT2D eigenvalue weighted by Crippen LogP contribution is -2.58. The molecule has 3 aliphatic rings. The Kier molecular flexibility index (Phi) is 5.13. The summed E-state index contributed by atoms with van der Waals surface area (Å²) in [5.41, 5.74) is -0.501. The summed E-state index contributed by atoms with van der Waals surface area (Å²) < 4.78 is 5.50. The van der Waals surface area contributed by atoms with E-state index in [-0.39, 0.29) is 11.8 Å². The maximum atomic E-state index is 12.9. The Morgan fingerprint density at radius 3 is 2.07 bits per heavy atom. The van der Waals surface area contributed by atoms with Crippen LogP contribution in [0.3, 0.4) is 0 Å². The number of nitrogens with one attached hydrogen (secondary N) is 2. The van der Waals surface area contributed by atoms with Crippen molar-refractivity contribution in [3.05, 3.63) is 32.2 Å². The lowest BCUT2D eigenvalue weighted by molar-refractivity contribution is 0.0353. The molecule has 0 spiro atoms. The summed E-state index contributed by atoms with van der Waals surface area (Å²) in [6, 6.07) is 0. The van der Waals surface area contributed by atoms with Gasteiger partial charge in [0.05, 0.1) is 27.9 Å². The van der Waals surface area contributed by atoms with Gasteiger partial charge in [0.15, 0.2) is 0 Å². The fraction of sp³-hybridized carbons (Fsp3) is 0.600. The normalized spacial score (nSPS) is 21.0. The third-order valence-electron chi connectivity index (χ3n) is 5.76. The second-order valence-corrected chi connectivity index (χ2v) is 10.3. The largest absolute Gasteiger partial charge is 0.381 e. The molecule has 2 N–H and O–H groups in total. The molecular weight excluding hydrogens is 408 g/mol. The lowest BCUT2D eigenvalue weighted by Gasteiger charge is -2.38. The number of rotatable bonds is 7. The summed E-state index contributed by atoms with van der Waals surface area (Å²) in [7, 11) is 0. The van der Waals surface area contributed by atoms with Crippen LogP contribution in [-0.4, -0.2) is 47.1 Å². The first-order valence-corrected chi connectivity index (χ1v) is 11.9. The van der Waals surface area contributed by atoms with E-state index in [1.54, 1.807) is 12.4 Å². The minimum Gasteiger partial charge on any atom is -0.381 e. The first-order chi connectivity index (χ1) is 14.1. The van der Waals surface area contributed by atoms with E-state index in [1.165, 1.54) is 48.4 Å². The molecule has 0 radical (unpaired) electrons. The molecule has 0 bridgehead atoms. The number of amides is 2. The van der Waals surface area contributed by atoms with E-state index in [0.717, 1.165) is 10.0 Å². The second-order valence-electron chi connectivity index (χ2n) is 8.20. The molecule has 0 aromatic carbocycles. The smallest absolute Gasteiger partial charge is 0.263 e. The highest BCUT2D eigenvalue weighted by atomic mass is 32.1. The molecule has 1 saturated heterocycles. The van der Waals surface area contributed by atoms with Crippen LogP contribution in [0.15, 0.2) is 12.4 Å². The molecule has 5 rings (SSSR count). The highest BCUT2D eigenvalue weighted by molar-refractivity contribution is 7.14. The zero-order valence-electron chi connectivity index (χ0n) is 16.1. The third kappa shape index (κ3) is 4.36.